The number of ether oxygens (including phenoxy) is 1. The van der Waals surface area contributed by atoms with Crippen LogP contribution in [-0.2, 0) is 20.1 Å². The first-order chi connectivity index (χ1) is 9.45. The van der Waals surface area contributed by atoms with Gasteiger partial charge in [0.25, 0.3) is 0 Å². The molecule has 2 aromatic rings. The third-order valence-electron chi connectivity index (χ3n) is 3.04. The second-order valence-corrected chi connectivity index (χ2v) is 5.56. The molecule has 1 unspecified atom stereocenters. The van der Waals surface area contributed by atoms with E-state index in [-0.39, 0.29) is 6.04 Å². The number of benzene rings is 1. The van der Waals surface area contributed by atoms with Crippen molar-refractivity contribution in [2.24, 2.45) is 12.8 Å². The first-order valence-electron chi connectivity index (χ1n) is 6.62. The van der Waals surface area contributed by atoms with Gasteiger partial charge in [0, 0.05) is 18.1 Å². The molecule has 2 N–H and O–H groups in total. The highest BCUT2D eigenvalue weighted by molar-refractivity contribution is 6.30. The fourth-order valence-corrected chi connectivity index (χ4v) is 2.34. The van der Waals surface area contributed by atoms with Crippen LogP contribution in [0, 0.1) is 6.92 Å². The van der Waals surface area contributed by atoms with Gasteiger partial charge >= 0.3 is 0 Å². The number of aryl methyl sites for hydroxylation is 2. The highest BCUT2D eigenvalue weighted by Gasteiger charge is 2.09. The molecular weight excluding hydrogens is 274 g/mol. The van der Waals surface area contributed by atoms with E-state index in [1.807, 2.05) is 49.8 Å². The lowest BCUT2D eigenvalue weighted by Crippen LogP contribution is -2.18. The summed E-state index contributed by atoms with van der Waals surface area (Å²) < 4.78 is 7.73. The van der Waals surface area contributed by atoms with Gasteiger partial charge in [-0.25, -0.2) is 0 Å². The number of hydrogen-bond donors (Lipinski definition) is 1. The molecule has 0 bridgehead atoms. The predicted molar refractivity (Wildman–Crippen MR) is 81.1 cm³/mol. The van der Waals surface area contributed by atoms with Gasteiger partial charge in [-0.1, -0.05) is 11.6 Å². The minimum Gasteiger partial charge on any atom is -0.487 e. The predicted octanol–water partition coefficient (Wildman–Crippen LogP) is 2.85. The number of halogens is 1. The van der Waals surface area contributed by atoms with Gasteiger partial charge in [0.05, 0.1) is 11.4 Å². The van der Waals surface area contributed by atoms with Crippen molar-refractivity contribution in [3.63, 3.8) is 0 Å². The van der Waals surface area contributed by atoms with Gasteiger partial charge in [0.1, 0.15) is 12.4 Å². The van der Waals surface area contributed by atoms with Crippen LogP contribution < -0.4 is 10.5 Å². The van der Waals surface area contributed by atoms with Crippen LogP contribution in [0.5, 0.6) is 5.75 Å². The molecule has 1 atom stereocenters. The molecule has 0 aliphatic rings. The SMILES string of the molecule is Cc1cc(COc2ccc(Cl)cc2CC(C)N)n(C)n1. The zero-order chi connectivity index (χ0) is 14.7. The molecule has 20 heavy (non-hydrogen) atoms. The molecule has 0 spiro atoms. The zero-order valence-electron chi connectivity index (χ0n) is 12.1. The van der Waals surface area contributed by atoms with Crippen LogP contribution in [0.15, 0.2) is 24.3 Å². The summed E-state index contributed by atoms with van der Waals surface area (Å²) in [5, 5.41) is 5.00. The Hall–Kier alpha value is -1.52. The normalized spacial score (nSPS) is 12.4. The van der Waals surface area contributed by atoms with E-state index >= 15 is 0 Å². The summed E-state index contributed by atoms with van der Waals surface area (Å²) in [7, 11) is 1.91. The Kier molecular flexibility index (Phi) is 4.68. The van der Waals surface area contributed by atoms with Crippen molar-refractivity contribution in [3.05, 3.63) is 46.2 Å². The lowest BCUT2D eigenvalue weighted by atomic mass is 10.1. The molecule has 1 heterocycles. The smallest absolute Gasteiger partial charge is 0.130 e. The van der Waals surface area contributed by atoms with Crippen LogP contribution >= 0.6 is 11.6 Å². The van der Waals surface area contributed by atoms with Crippen LogP contribution in [0.25, 0.3) is 0 Å². The van der Waals surface area contributed by atoms with Gasteiger partial charge in [-0.15, -0.1) is 0 Å². The van der Waals surface area contributed by atoms with Crippen molar-refractivity contribution < 1.29 is 4.74 Å². The standard InChI is InChI=1S/C15H20ClN3O/c1-10(17)6-12-8-13(16)4-5-15(12)20-9-14-7-11(2)18-19(14)3/h4-5,7-8,10H,6,9,17H2,1-3H3. The van der Waals surface area contributed by atoms with Gasteiger partial charge in [-0.3, -0.25) is 4.68 Å². The molecule has 1 aromatic heterocycles. The average molecular weight is 294 g/mol. The van der Waals surface area contributed by atoms with Crippen LogP contribution in [-0.4, -0.2) is 15.8 Å². The van der Waals surface area contributed by atoms with E-state index < -0.39 is 0 Å². The van der Waals surface area contributed by atoms with Crippen molar-refractivity contribution in [2.75, 3.05) is 0 Å². The summed E-state index contributed by atoms with van der Waals surface area (Å²) in [5.74, 6) is 0.825. The summed E-state index contributed by atoms with van der Waals surface area (Å²) >= 11 is 6.04. The van der Waals surface area contributed by atoms with Crippen molar-refractivity contribution in [2.45, 2.75) is 32.9 Å². The summed E-state index contributed by atoms with van der Waals surface area (Å²) in [6.07, 6.45) is 0.736. The number of hydrogen-bond acceptors (Lipinski definition) is 3. The Balaban J connectivity index is 2.14. The summed E-state index contributed by atoms with van der Waals surface area (Å²) in [4.78, 5) is 0. The summed E-state index contributed by atoms with van der Waals surface area (Å²) in [6, 6.07) is 7.71. The Morgan fingerprint density at radius 1 is 1.40 bits per heavy atom. The molecule has 0 saturated carbocycles. The molecule has 0 aliphatic heterocycles. The Labute approximate surface area is 124 Å². The second-order valence-electron chi connectivity index (χ2n) is 5.12. The summed E-state index contributed by atoms with van der Waals surface area (Å²) in [6.45, 7) is 4.41. The van der Waals surface area contributed by atoms with E-state index in [4.69, 9.17) is 22.1 Å². The van der Waals surface area contributed by atoms with Crippen molar-refractivity contribution in [1.29, 1.82) is 0 Å². The Morgan fingerprint density at radius 2 is 2.15 bits per heavy atom. The Morgan fingerprint density at radius 3 is 2.75 bits per heavy atom. The lowest BCUT2D eigenvalue weighted by Gasteiger charge is -2.13. The summed E-state index contributed by atoms with van der Waals surface area (Å²) in [5.41, 5.74) is 8.91. The highest BCUT2D eigenvalue weighted by Crippen LogP contribution is 2.25. The third-order valence-corrected chi connectivity index (χ3v) is 3.27. The number of aromatic nitrogens is 2. The molecular formula is C15H20ClN3O. The highest BCUT2D eigenvalue weighted by atomic mass is 35.5. The average Bonchev–Trinajstić information content (AvgIpc) is 2.66. The van der Waals surface area contributed by atoms with Crippen LogP contribution in [0.4, 0.5) is 0 Å². The van der Waals surface area contributed by atoms with E-state index in [0.717, 1.165) is 29.1 Å². The van der Waals surface area contributed by atoms with Gasteiger partial charge < -0.3 is 10.5 Å². The maximum absolute atomic E-state index is 6.04. The molecule has 1 aromatic carbocycles. The minimum absolute atomic E-state index is 0.0646. The zero-order valence-corrected chi connectivity index (χ0v) is 12.8. The van der Waals surface area contributed by atoms with E-state index in [9.17, 15) is 0 Å². The maximum Gasteiger partial charge on any atom is 0.130 e. The third kappa shape index (κ3) is 3.74. The van der Waals surface area contributed by atoms with Gasteiger partial charge in [-0.2, -0.15) is 5.10 Å². The van der Waals surface area contributed by atoms with Crippen molar-refractivity contribution in [3.8, 4) is 5.75 Å². The van der Waals surface area contributed by atoms with Crippen molar-refractivity contribution in [1.82, 2.24) is 9.78 Å². The molecule has 0 aliphatic carbocycles. The van der Waals surface area contributed by atoms with Crippen LogP contribution in [0.1, 0.15) is 23.9 Å². The molecule has 108 valence electrons. The minimum atomic E-state index is 0.0646. The fourth-order valence-electron chi connectivity index (χ4n) is 2.15. The van der Waals surface area contributed by atoms with E-state index in [2.05, 4.69) is 5.10 Å². The van der Waals surface area contributed by atoms with Crippen LogP contribution in [0.3, 0.4) is 0 Å². The second kappa shape index (κ2) is 6.29. The number of rotatable bonds is 5. The molecule has 0 saturated heterocycles. The number of nitrogens with two attached hydrogens (primary N) is 1. The molecule has 0 fully saturated rings. The Bertz CT molecular complexity index is 593. The number of nitrogens with zero attached hydrogens (tertiary/aromatic N) is 2. The molecule has 5 heteroatoms. The molecule has 0 radical (unpaired) electrons. The van der Waals surface area contributed by atoms with Gasteiger partial charge in [-0.05, 0) is 50.1 Å². The maximum atomic E-state index is 6.04. The van der Waals surface area contributed by atoms with Gasteiger partial charge in [0.15, 0.2) is 0 Å². The lowest BCUT2D eigenvalue weighted by molar-refractivity contribution is 0.291. The van der Waals surface area contributed by atoms with E-state index in [1.54, 1.807) is 0 Å². The quantitative estimate of drug-likeness (QED) is 0.922. The van der Waals surface area contributed by atoms with Gasteiger partial charge in [0.2, 0.25) is 0 Å². The van der Waals surface area contributed by atoms with Crippen LogP contribution in [0.2, 0.25) is 5.02 Å². The topological polar surface area (TPSA) is 53.1 Å². The van der Waals surface area contributed by atoms with Crippen molar-refractivity contribution >= 4 is 11.6 Å². The molecule has 0 amide bonds. The first kappa shape index (κ1) is 14.9. The van der Waals surface area contributed by atoms with E-state index in [1.165, 1.54) is 0 Å². The molecule has 4 nitrogen and oxygen atoms in total. The first-order valence-corrected chi connectivity index (χ1v) is 7.00. The van der Waals surface area contributed by atoms with E-state index in [0.29, 0.717) is 11.6 Å². The monoisotopic (exact) mass is 293 g/mol. The fraction of sp³-hybridized carbons (Fsp3) is 0.400. The largest absolute Gasteiger partial charge is 0.487 e. The molecule has 2 rings (SSSR count).